The minimum Gasteiger partial charge on any atom is -0.489 e. The number of amides is 1. The number of rotatable bonds is 9. The highest BCUT2D eigenvalue weighted by atomic mass is 16.5. The van der Waals surface area contributed by atoms with Crippen molar-refractivity contribution in [3.05, 3.63) is 95.6 Å². The summed E-state index contributed by atoms with van der Waals surface area (Å²) in [7, 11) is 0. The molecular weight excluding hydrogens is 390 g/mol. The average Bonchev–Trinajstić information content (AvgIpc) is 2.82. The van der Waals surface area contributed by atoms with Gasteiger partial charge in [0, 0.05) is 5.69 Å². The van der Waals surface area contributed by atoms with E-state index >= 15 is 0 Å². The predicted molar refractivity (Wildman–Crippen MR) is 121 cm³/mol. The molecule has 0 aliphatic rings. The van der Waals surface area contributed by atoms with Crippen LogP contribution in [0.5, 0.6) is 5.75 Å². The number of hydrogen-bond acceptors (Lipinski definition) is 4. The second kappa shape index (κ2) is 11.0. The molecular formula is C26H27NO4. The molecule has 0 saturated heterocycles. The van der Waals surface area contributed by atoms with Crippen molar-refractivity contribution in [2.75, 3.05) is 11.9 Å². The molecule has 0 radical (unpaired) electrons. The fourth-order valence-corrected chi connectivity index (χ4v) is 3.00. The van der Waals surface area contributed by atoms with Crippen molar-refractivity contribution >= 4 is 17.6 Å². The van der Waals surface area contributed by atoms with Gasteiger partial charge >= 0.3 is 5.97 Å². The quantitative estimate of drug-likeness (QED) is 0.462. The van der Waals surface area contributed by atoms with E-state index in [0.29, 0.717) is 29.5 Å². The van der Waals surface area contributed by atoms with Gasteiger partial charge in [0.05, 0.1) is 5.56 Å². The number of benzene rings is 3. The topological polar surface area (TPSA) is 64.6 Å². The molecule has 1 N–H and O–H groups in total. The number of esters is 1. The Bertz CT molecular complexity index is 999. The SMILES string of the molecule is CC[C@@H](C)c1ccc(NC(=O)COC(=O)c2cccc(OCc3ccccc3)c2)cc1. The maximum absolute atomic E-state index is 12.3. The summed E-state index contributed by atoms with van der Waals surface area (Å²) < 4.78 is 10.9. The molecule has 3 aromatic carbocycles. The molecule has 0 spiro atoms. The van der Waals surface area contributed by atoms with Crippen LogP contribution in [0.2, 0.25) is 0 Å². The van der Waals surface area contributed by atoms with Crippen molar-refractivity contribution in [2.45, 2.75) is 32.8 Å². The fraction of sp³-hybridized carbons (Fsp3) is 0.231. The molecule has 0 saturated carbocycles. The van der Waals surface area contributed by atoms with E-state index in [0.717, 1.165) is 12.0 Å². The highest BCUT2D eigenvalue weighted by molar-refractivity contribution is 5.95. The molecule has 1 amide bonds. The highest BCUT2D eigenvalue weighted by Crippen LogP contribution is 2.20. The van der Waals surface area contributed by atoms with Crippen molar-refractivity contribution in [1.82, 2.24) is 0 Å². The summed E-state index contributed by atoms with van der Waals surface area (Å²) in [4.78, 5) is 24.5. The van der Waals surface area contributed by atoms with Crippen LogP contribution in [0.3, 0.4) is 0 Å². The molecule has 0 bridgehead atoms. The van der Waals surface area contributed by atoms with Gasteiger partial charge in [-0.15, -0.1) is 0 Å². The van der Waals surface area contributed by atoms with Crippen molar-refractivity contribution in [3.8, 4) is 5.75 Å². The second-order valence-corrected chi connectivity index (χ2v) is 7.36. The second-order valence-electron chi connectivity index (χ2n) is 7.36. The highest BCUT2D eigenvalue weighted by Gasteiger charge is 2.12. The molecule has 5 nitrogen and oxygen atoms in total. The number of carbonyl (C=O) groups excluding carboxylic acids is 2. The van der Waals surface area contributed by atoms with Gasteiger partial charge in [-0.3, -0.25) is 4.79 Å². The molecule has 0 aliphatic heterocycles. The number of anilines is 1. The molecule has 5 heteroatoms. The number of carbonyl (C=O) groups is 2. The number of nitrogens with one attached hydrogen (secondary N) is 1. The van der Waals surface area contributed by atoms with Crippen molar-refractivity contribution in [2.24, 2.45) is 0 Å². The van der Waals surface area contributed by atoms with Gasteiger partial charge in [-0.2, -0.15) is 0 Å². The zero-order chi connectivity index (χ0) is 22.1. The lowest BCUT2D eigenvalue weighted by Crippen LogP contribution is -2.21. The standard InChI is InChI=1S/C26H27NO4/c1-3-19(2)21-12-14-23(15-13-21)27-25(28)18-31-26(29)22-10-7-11-24(16-22)30-17-20-8-5-4-6-9-20/h4-16,19H,3,17-18H2,1-2H3,(H,27,28)/t19-/m1/s1. The molecule has 31 heavy (non-hydrogen) atoms. The Labute approximate surface area is 183 Å². The van der Waals surface area contributed by atoms with Gasteiger partial charge in [0.1, 0.15) is 12.4 Å². The monoisotopic (exact) mass is 417 g/mol. The Morgan fingerprint density at radius 2 is 1.68 bits per heavy atom. The summed E-state index contributed by atoms with van der Waals surface area (Å²) in [5, 5.41) is 2.74. The minimum absolute atomic E-state index is 0.330. The number of ether oxygens (including phenoxy) is 2. The van der Waals surface area contributed by atoms with E-state index in [1.54, 1.807) is 24.3 Å². The number of hydrogen-bond donors (Lipinski definition) is 1. The van der Waals surface area contributed by atoms with E-state index in [2.05, 4.69) is 19.2 Å². The Kier molecular flexibility index (Phi) is 7.82. The van der Waals surface area contributed by atoms with Crippen LogP contribution in [0.4, 0.5) is 5.69 Å². The first-order chi connectivity index (χ1) is 15.0. The first-order valence-corrected chi connectivity index (χ1v) is 10.4. The molecule has 0 aliphatic carbocycles. The minimum atomic E-state index is -0.576. The largest absolute Gasteiger partial charge is 0.489 e. The third-order valence-electron chi connectivity index (χ3n) is 5.03. The molecule has 0 heterocycles. The fourth-order valence-electron chi connectivity index (χ4n) is 3.00. The summed E-state index contributed by atoms with van der Waals surface area (Å²) in [6.45, 7) is 4.34. The molecule has 160 valence electrons. The summed E-state index contributed by atoms with van der Waals surface area (Å²) >= 11 is 0. The molecule has 0 aromatic heterocycles. The summed E-state index contributed by atoms with van der Waals surface area (Å²) in [6.07, 6.45) is 1.06. The predicted octanol–water partition coefficient (Wildman–Crippen LogP) is 5.57. The normalized spacial score (nSPS) is 11.4. The maximum atomic E-state index is 12.3. The van der Waals surface area contributed by atoms with E-state index in [4.69, 9.17) is 9.47 Å². The lowest BCUT2D eigenvalue weighted by atomic mass is 9.99. The van der Waals surface area contributed by atoms with Crippen LogP contribution in [-0.4, -0.2) is 18.5 Å². The van der Waals surface area contributed by atoms with Crippen LogP contribution in [0.15, 0.2) is 78.9 Å². The first kappa shape index (κ1) is 22.1. The Morgan fingerprint density at radius 1 is 0.935 bits per heavy atom. The zero-order valence-corrected chi connectivity index (χ0v) is 17.8. The Hall–Kier alpha value is -3.60. The van der Waals surface area contributed by atoms with Gasteiger partial charge in [-0.1, -0.05) is 62.4 Å². The average molecular weight is 418 g/mol. The smallest absolute Gasteiger partial charge is 0.338 e. The van der Waals surface area contributed by atoms with Gasteiger partial charge in [0.15, 0.2) is 6.61 Å². The van der Waals surface area contributed by atoms with Crippen LogP contribution in [0, 0.1) is 0 Å². The Balaban J connectivity index is 1.49. The van der Waals surface area contributed by atoms with Gasteiger partial charge < -0.3 is 14.8 Å². The summed E-state index contributed by atoms with van der Waals surface area (Å²) in [6, 6.07) is 24.2. The molecule has 0 unspecified atom stereocenters. The lowest BCUT2D eigenvalue weighted by Gasteiger charge is -2.11. The molecule has 0 fully saturated rings. The van der Waals surface area contributed by atoms with Crippen LogP contribution in [0.25, 0.3) is 0 Å². The van der Waals surface area contributed by atoms with E-state index < -0.39 is 5.97 Å². The van der Waals surface area contributed by atoms with Crippen LogP contribution in [0.1, 0.15) is 47.7 Å². The van der Waals surface area contributed by atoms with E-state index in [1.165, 1.54) is 5.56 Å². The molecule has 3 aromatic rings. The van der Waals surface area contributed by atoms with E-state index in [1.807, 2.05) is 54.6 Å². The van der Waals surface area contributed by atoms with Gasteiger partial charge in [-0.25, -0.2) is 4.79 Å². The lowest BCUT2D eigenvalue weighted by molar-refractivity contribution is -0.119. The molecule has 1 atom stereocenters. The van der Waals surface area contributed by atoms with Gasteiger partial charge in [0.2, 0.25) is 0 Å². The Morgan fingerprint density at radius 3 is 2.39 bits per heavy atom. The zero-order valence-electron chi connectivity index (χ0n) is 17.8. The molecule has 3 rings (SSSR count). The summed E-state index contributed by atoms with van der Waals surface area (Å²) in [5.74, 6) is 0.0656. The van der Waals surface area contributed by atoms with Crippen LogP contribution < -0.4 is 10.1 Å². The third kappa shape index (κ3) is 6.71. The van der Waals surface area contributed by atoms with Crippen LogP contribution in [-0.2, 0) is 16.1 Å². The van der Waals surface area contributed by atoms with Gasteiger partial charge in [-0.05, 0) is 53.8 Å². The van der Waals surface area contributed by atoms with Gasteiger partial charge in [0.25, 0.3) is 5.91 Å². The van der Waals surface area contributed by atoms with Crippen molar-refractivity contribution < 1.29 is 19.1 Å². The van der Waals surface area contributed by atoms with Crippen LogP contribution >= 0.6 is 0 Å². The van der Waals surface area contributed by atoms with E-state index in [9.17, 15) is 9.59 Å². The first-order valence-electron chi connectivity index (χ1n) is 10.4. The third-order valence-corrected chi connectivity index (χ3v) is 5.03. The van der Waals surface area contributed by atoms with Crippen molar-refractivity contribution in [3.63, 3.8) is 0 Å². The maximum Gasteiger partial charge on any atom is 0.338 e. The summed E-state index contributed by atoms with van der Waals surface area (Å²) in [5.41, 5.74) is 3.26. The van der Waals surface area contributed by atoms with Crippen molar-refractivity contribution in [1.29, 1.82) is 0 Å². The van der Waals surface area contributed by atoms with E-state index in [-0.39, 0.29) is 12.5 Å².